The van der Waals surface area contributed by atoms with Crippen LogP contribution in [-0.2, 0) is 6.42 Å². The Morgan fingerprint density at radius 3 is 2.24 bits per heavy atom. The van der Waals surface area contributed by atoms with Crippen LogP contribution in [0, 0.1) is 6.92 Å². The van der Waals surface area contributed by atoms with Gasteiger partial charge in [-0.2, -0.15) is 0 Å². The number of hydrogen-bond acceptors (Lipinski definition) is 2. The van der Waals surface area contributed by atoms with Crippen molar-refractivity contribution in [3.8, 4) is 5.75 Å². The summed E-state index contributed by atoms with van der Waals surface area (Å²) < 4.78 is 5.39. The first-order chi connectivity index (χ1) is 9.92. The fraction of sp³-hybridized carbons (Fsp3) is 0.684. The van der Waals surface area contributed by atoms with Gasteiger partial charge in [0.1, 0.15) is 5.75 Å². The second kappa shape index (κ2) is 10.7. The lowest BCUT2D eigenvalue weighted by Gasteiger charge is -2.16. The minimum atomic E-state index is -0.514. The van der Waals surface area contributed by atoms with E-state index in [0.29, 0.717) is 0 Å². The summed E-state index contributed by atoms with van der Waals surface area (Å²) in [5, 5.41) is 9.63. The molecule has 0 atom stereocenters. The summed E-state index contributed by atoms with van der Waals surface area (Å²) in [6.07, 6.45) is 6.67. The van der Waals surface area contributed by atoms with E-state index in [1.807, 2.05) is 27.7 Å². The van der Waals surface area contributed by atoms with Gasteiger partial charge >= 0.3 is 0 Å². The molecule has 0 bridgehead atoms. The lowest BCUT2D eigenvalue weighted by Crippen LogP contribution is -2.17. The van der Waals surface area contributed by atoms with Crippen molar-refractivity contribution in [3.63, 3.8) is 0 Å². The first-order valence-electron chi connectivity index (χ1n) is 8.28. The minimum Gasteiger partial charge on any atom is -0.496 e. The molecule has 0 aliphatic heterocycles. The number of aryl methyl sites for hydroxylation is 2. The van der Waals surface area contributed by atoms with Crippen LogP contribution < -0.4 is 4.74 Å². The van der Waals surface area contributed by atoms with Gasteiger partial charge in [-0.05, 0) is 51.7 Å². The molecule has 0 saturated heterocycles. The lowest BCUT2D eigenvalue weighted by atomic mass is 9.98. The molecule has 1 rings (SSSR count). The van der Waals surface area contributed by atoms with Crippen molar-refractivity contribution in [1.29, 1.82) is 0 Å². The highest BCUT2D eigenvalue weighted by atomic mass is 16.5. The molecule has 0 aliphatic rings. The summed E-state index contributed by atoms with van der Waals surface area (Å²) in [7, 11) is 1.73. The van der Waals surface area contributed by atoms with Crippen LogP contribution in [0.5, 0.6) is 5.75 Å². The maximum atomic E-state index is 9.63. The van der Waals surface area contributed by atoms with Crippen molar-refractivity contribution >= 4 is 0 Å². The zero-order chi connectivity index (χ0) is 16.3. The Labute approximate surface area is 131 Å². The van der Waals surface area contributed by atoms with Crippen molar-refractivity contribution in [1.82, 2.24) is 0 Å². The highest BCUT2D eigenvalue weighted by Gasteiger charge is 2.11. The molecule has 0 heterocycles. The Kier molecular flexibility index (Phi) is 10.2. The summed E-state index contributed by atoms with van der Waals surface area (Å²) >= 11 is 0. The highest BCUT2D eigenvalue weighted by Crippen LogP contribution is 2.22. The van der Waals surface area contributed by atoms with Crippen LogP contribution in [0.25, 0.3) is 0 Å². The van der Waals surface area contributed by atoms with Crippen LogP contribution in [0.4, 0.5) is 0 Å². The Hall–Kier alpha value is -1.02. The number of rotatable bonds is 8. The molecular weight excluding hydrogens is 260 g/mol. The second-order valence-corrected chi connectivity index (χ2v) is 6.04. The quantitative estimate of drug-likeness (QED) is 0.660. The van der Waals surface area contributed by atoms with Crippen LogP contribution in [-0.4, -0.2) is 17.8 Å². The van der Waals surface area contributed by atoms with E-state index in [1.165, 1.54) is 30.4 Å². The maximum absolute atomic E-state index is 9.63. The van der Waals surface area contributed by atoms with Gasteiger partial charge in [0.25, 0.3) is 0 Å². The monoisotopic (exact) mass is 294 g/mol. The summed E-state index contributed by atoms with van der Waals surface area (Å²) in [4.78, 5) is 0. The zero-order valence-electron chi connectivity index (χ0n) is 14.8. The third-order valence-corrected chi connectivity index (χ3v) is 3.42. The van der Waals surface area contributed by atoms with Crippen molar-refractivity contribution in [2.45, 2.75) is 78.7 Å². The average Bonchev–Trinajstić information content (AvgIpc) is 2.44. The Morgan fingerprint density at radius 1 is 1.05 bits per heavy atom. The van der Waals surface area contributed by atoms with E-state index in [4.69, 9.17) is 4.74 Å². The predicted octanol–water partition coefficient (Wildman–Crippen LogP) is 5.29. The zero-order valence-corrected chi connectivity index (χ0v) is 14.8. The van der Waals surface area contributed by atoms with Gasteiger partial charge in [0, 0.05) is 0 Å². The number of benzene rings is 1. The molecule has 0 spiro atoms. The highest BCUT2D eigenvalue weighted by molar-refractivity contribution is 5.36. The van der Waals surface area contributed by atoms with Crippen molar-refractivity contribution in [3.05, 3.63) is 29.3 Å². The Morgan fingerprint density at radius 2 is 1.67 bits per heavy atom. The van der Waals surface area contributed by atoms with Crippen LogP contribution in [0.15, 0.2) is 18.2 Å². The van der Waals surface area contributed by atoms with Crippen molar-refractivity contribution < 1.29 is 9.84 Å². The van der Waals surface area contributed by atoms with Crippen molar-refractivity contribution in [2.24, 2.45) is 0 Å². The Bertz CT molecular complexity index is 378. The number of unbranched alkanes of at least 4 members (excludes halogenated alkanes) is 3. The molecule has 0 fully saturated rings. The van der Waals surface area contributed by atoms with E-state index in [1.54, 1.807) is 7.11 Å². The van der Waals surface area contributed by atoms with Gasteiger partial charge in [-0.15, -0.1) is 0 Å². The molecule has 0 aliphatic carbocycles. The minimum absolute atomic E-state index is 0.514. The standard InChI is InChI=1S/C17H28O2.C2H6/c1-14-10-11-16(19-4)15(13-14)9-7-5-6-8-12-17(2,3)18;1-2/h10-11,13,18H,5-9,12H2,1-4H3;1-2H3. The smallest absolute Gasteiger partial charge is 0.122 e. The first kappa shape index (κ1) is 20.0. The molecule has 1 aromatic rings. The largest absolute Gasteiger partial charge is 0.496 e. The maximum Gasteiger partial charge on any atom is 0.122 e. The first-order valence-corrected chi connectivity index (χ1v) is 8.28. The topological polar surface area (TPSA) is 29.5 Å². The third kappa shape index (κ3) is 9.52. The van der Waals surface area contributed by atoms with Gasteiger partial charge in [0.2, 0.25) is 0 Å². The summed E-state index contributed by atoms with van der Waals surface area (Å²) in [6.45, 7) is 9.88. The van der Waals surface area contributed by atoms with Crippen LogP contribution in [0.1, 0.15) is 70.9 Å². The second-order valence-electron chi connectivity index (χ2n) is 6.04. The molecule has 2 heteroatoms. The lowest BCUT2D eigenvalue weighted by molar-refractivity contribution is 0.0680. The third-order valence-electron chi connectivity index (χ3n) is 3.42. The van der Waals surface area contributed by atoms with E-state index in [-0.39, 0.29) is 0 Å². The molecule has 0 aromatic heterocycles. The average molecular weight is 294 g/mol. The normalized spacial score (nSPS) is 10.8. The Balaban J connectivity index is 0.00000191. The molecule has 0 unspecified atom stereocenters. The SMILES string of the molecule is CC.COc1ccc(C)cc1CCCCCCC(C)(C)O. The van der Waals surface area contributed by atoms with E-state index in [9.17, 15) is 5.11 Å². The van der Waals surface area contributed by atoms with Crippen molar-refractivity contribution in [2.75, 3.05) is 7.11 Å². The van der Waals surface area contributed by atoms with Gasteiger partial charge in [-0.3, -0.25) is 0 Å². The van der Waals surface area contributed by atoms with E-state index >= 15 is 0 Å². The number of aliphatic hydroxyl groups is 1. The van der Waals surface area contributed by atoms with Gasteiger partial charge in [-0.25, -0.2) is 0 Å². The summed E-state index contributed by atoms with van der Waals surface area (Å²) in [6, 6.07) is 6.36. The molecule has 1 aromatic carbocycles. The predicted molar refractivity (Wildman–Crippen MR) is 92.2 cm³/mol. The van der Waals surface area contributed by atoms with Crippen LogP contribution in [0.2, 0.25) is 0 Å². The van der Waals surface area contributed by atoms with Crippen LogP contribution >= 0.6 is 0 Å². The fourth-order valence-electron chi connectivity index (χ4n) is 2.33. The van der Waals surface area contributed by atoms with Crippen LogP contribution in [0.3, 0.4) is 0 Å². The number of ether oxygens (including phenoxy) is 1. The molecule has 0 radical (unpaired) electrons. The molecule has 21 heavy (non-hydrogen) atoms. The molecule has 122 valence electrons. The van der Waals surface area contributed by atoms with Gasteiger partial charge in [0.15, 0.2) is 0 Å². The molecule has 0 saturated carbocycles. The molecule has 2 nitrogen and oxygen atoms in total. The number of methoxy groups -OCH3 is 1. The van der Waals surface area contributed by atoms with Gasteiger partial charge in [-0.1, -0.05) is 50.8 Å². The number of hydrogen-bond donors (Lipinski definition) is 1. The van der Waals surface area contributed by atoms with E-state index < -0.39 is 5.60 Å². The molecule has 1 N–H and O–H groups in total. The fourth-order valence-corrected chi connectivity index (χ4v) is 2.33. The van der Waals surface area contributed by atoms with Gasteiger partial charge < -0.3 is 9.84 Å². The van der Waals surface area contributed by atoms with E-state index in [0.717, 1.165) is 25.0 Å². The van der Waals surface area contributed by atoms with E-state index in [2.05, 4.69) is 25.1 Å². The van der Waals surface area contributed by atoms with Gasteiger partial charge in [0.05, 0.1) is 12.7 Å². The summed E-state index contributed by atoms with van der Waals surface area (Å²) in [5.41, 5.74) is 2.09. The summed E-state index contributed by atoms with van der Waals surface area (Å²) in [5.74, 6) is 1.00. The molecular formula is C19H34O2. The molecule has 0 amide bonds.